The summed E-state index contributed by atoms with van der Waals surface area (Å²) in [7, 11) is 0. The Morgan fingerprint density at radius 3 is 2.31 bits per heavy atom. The van der Waals surface area contributed by atoms with Gasteiger partial charge >= 0.3 is 5.97 Å². The van der Waals surface area contributed by atoms with Crippen molar-refractivity contribution >= 4 is 29.1 Å². The Hall–Kier alpha value is -3.10. The van der Waals surface area contributed by atoms with Crippen LogP contribution in [0.4, 0.5) is 0 Å². The number of hydrogen-bond donors (Lipinski definition) is 1. The Bertz CT molecular complexity index is 1140. The molecule has 164 valence electrons. The molecule has 2 aromatic rings. The molecule has 0 bridgehead atoms. The number of carbonyl (C=O) groups excluding carboxylic acids is 2. The van der Waals surface area contributed by atoms with E-state index in [9.17, 15) is 14.9 Å². The molecule has 1 aliphatic carbocycles. The van der Waals surface area contributed by atoms with E-state index in [0.29, 0.717) is 46.2 Å². The van der Waals surface area contributed by atoms with Gasteiger partial charge in [0.15, 0.2) is 0 Å². The highest BCUT2D eigenvalue weighted by Crippen LogP contribution is 2.45. The van der Waals surface area contributed by atoms with Crippen LogP contribution in [0.2, 0.25) is 5.02 Å². The predicted octanol–water partition coefficient (Wildman–Crippen LogP) is 5.48. The van der Waals surface area contributed by atoms with Crippen LogP contribution in [0.3, 0.4) is 0 Å². The van der Waals surface area contributed by atoms with Gasteiger partial charge in [0.2, 0.25) is 0 Å². The summed E-state index contributed by atoms with van der Waals surface area (Å²) >= 11 is 5.96. The van der Waals surface area contributed by atoms with Crippen molar-refractivity contribution in [3.8, 4) is 6.07 Å². The summed E-state index contributed by atoms with van der Waals surface area (Å²) in [5.41, 5.74) is 2.91. The highest BCUT2D eigenvalue weighted by molar-refractivity contribution is 6.30. The van der Waals surface area contributed by atoms with E-state index < -0.39 is 11.5 Å². The highest BCUT2D eigenvalue weighted by atomic mass is 35.5. The summed E-state index contributed by atoms with van der Waals surface area (Å²) in [4.78, 5) is 26.4. The summed E-state index contributed by atoms with van der Waals surface area (Å²) in [6, 6.07) is 12.2. The molecule has 2 aliphatic rings. The van der Waals surface area contributed by atoms with Crippen LogP contribution in [0, 0.1) is 31.1 Å². The van der Waals surface area contributed by atoms with Crippen molar-refractivity contribution in [2.24, 2.45) is 5.92 Å². The molecule has 6 heteroatoms. The first kappa shape index (κ1) is 22.1. The first-order valence-electron chi connectivity index (χ1n) is 10.8. The normalized spacial score (nSPS) is 22.6. The molecule has 0 radical (unpaired) electrons. The molecule has 5 nitrogen and oxygen atoms in total. The number of rotatable bonds is 3. The lowest BCUT2D eigenvalue weighted by Gasteiger charge is -2.37. The van der Waals surface area contributed by atoms with Gasteiger partial charge in [-0.05, 0) is 98.5 Å². The molecule has 0 unspecified atom stereocenters. The largest absolute Gasteiger partial charge is 0.424 e. The molecule has 0 aromatic heterocycles. The first-order chi connectivity index (χ1) is 15.2. The van der Waals surface area contributed by atoms with Crippen LogP contribution in [-0.4, -0.2) is 17.4 Å². The van der Waals surface area contributed by atoms with Crippen molar-refractivity contribution in [3.63, 3.8) is 0 Å². The predicted molar refractivity (Wildman–Crippen MR) is 123 cm³/mol. The second kappa shape index (κ2) is 8.44. The van der Waals surface area contributed by atoms with Crippen molar-refractivity contribution in [3.05, 3.63) is 75.0 Å². The molecule has 0 atom stereocenters. The van der Waals surface area contributed by atoms with Gasteiger partial charge in [-0.3, -0.25) is 4.79 Å². The molecule has 1 N–H and O–H groups in total. The molecule has 4 rings (SSSR count). The summed E-state index contributed by atoms with van der Waals surface area (Å²) < 4.78 is 6.02. The molecule has 1 saturated carbocycles. The van der Waals surface area contributed by atoms with Gasteiger partial charge in [0.1, 0.15) is 5.76 Å². The Morgan fingerprint density at radius 1 is 1.16 bits per heavy atom. The zero-order valence-corrected chi connectivity index (χ0v) is 19.2. The molecule has 0 saturated heterocycles. The van der Waals surface area contributed by atoms with Gasteiger partial charge in [0, 0.05) is 5.02 Å². The van der Waals surface area contributed by atoms with Gasteiger partial charge in [0.25, 0.3) is 5.91 Å². The van der Waals surface area contributed by atoms with Gasteiger partial charge < -0.3 is 10.1 Å². The summed E-state index contributed by atoms with van der Waals surface area (Å²) in [5.74, 6) is 0.181. The van der Waals surface area contributed by atoms with E-state index in [-0.39, 0.29) is 5.91 Å². The second-order valence-corrected chi connectivity index (χ2v) is 9.35. The highest BCUT2D eigenvalue weighted by Gasteiger charge is 2.50. The van der Waals surface area contributed by atoms with Crippen LogP contribution >= 0.6 is 11.6 Å². The Kier molecular flexibility index (Phi) is 5.83. The lowest BCUT2D eigenvalue weighted by molar-refractivity contribution is -0.116. The summed E-state index contributed by atoms with van der Waals surface area (Å²) in [5, 5.41) is 13.0. The van der Waals surface area contributed by atoms with Crippen LogP contribution in [0.15, 0.2) is 42.2 Å². The SMILES string of the molecule is Cc1cc(C#N)cc(C)c1C1=C(OC(=O)c2ccc(Cl)cc2)C2(CCC(C)CC2)NC1=O. The lowest BCUT2D eigenvalue weighted by atomic mass is 9.76. The number of benzene rings is 2. The Labute approximate surface area is 193 Å². The zero-order chi connectivity index (χ0) is 23.0. The maximum atomic E-state index is 13.3. The first-order valence-corrected chi connectivity index (χ1v) is 11.2. The summed E-state index contributed by atoms with van der Waals surface area (Å²) in [6.07, 6.45) is 3.28. The van der Waals surface area contributed by atoms with E-state index in [2.05, 4.69) is 18.3 Å². The fourth-order valence-electron chi connectivity index (χ4n) is 4.82. The molecule has 1 amide bonds. The van der Waals surface area contributed by atoms with E-state index in [1.54, 1.807) is 36.4 Å². The average Bonchev–Trinajstić information content (AvgIpc) is 3.01. The third-order valence-electron chi connectivity index (χ3n) is 6.56. The minimum atomic E-state index is -0.701. The van der Waals surface area contributed by atoms with Gasteiger partial charge in [0.05, 0.1) is 28.3 Å². The molecule has 1 spiro atoms. The minimum Gasteiger partial charge on any atom is -0.424 e. The topological polar surface area (TPSA) is 79.2 Å². The van der Waals surface area contributed by atoms with Crippen molar-refractivity contribution in [1.29, 1.82) is 5.26 Å². The number of nitrogens with zero attached hydrogens (tertiary/aromatic N) is 1. The van der Waals surface area contributed by atoms with Crippen molar-refractivity contribution in [1.82, 2.24) is 5.32 Å². The molecule has 1 heterocycles. The molecule has 1 aliphatic heterocycles. The fraction of sp³-hybridized carbons (Fsp3) is 0.346. The number of nitriles is 1. The molecule has 32 heavy (non-hydrogen) atoms. The van der Waals surface area contributed by atoms with Gasteiger partial charge in [-0.25, -0.2) is 4.79 Å². The quantitative estimate of drug-likeness (QED) is 0.631. The molecular weight excluding hydrogens is 424 g/mol. The lowest BCUT2D eigenvalue weighted by Crippen LogP contribution is -2.47. The number of hydrogen-bond acceptors (Lipinski definition) is 4. The van der Waals surface area contributed by atoms with E-state index >= 15 is 0 Å². The van der Waals surface area contributed by atoms with Crippen LogP contribution in [0.25, 0.3) is 5.57 Å². The number of aryl methyl sites for hydroxylation is 2. The average molecular weight is 449 g/mol. The molecule has 1 fully saturated rings. The zero-order valence-electron chi connectivity index (χ0n) is 18.4. The Balaban J connectivity index is 1.86. The molecule has 2 aromatic carbocycles. The fourth-order valence-corrected chi connectivity index (χ4v) is 4.95. The number of carbonyl (C=O) groups is 2. The number of amides is 1. The number of nitrogens with one attached hydrogen (secondary N) is 1. The van der Waals surface area contributed by atoms with Crippen LogP contribution in [-0.2, 0) is 9.53 Å². The number of ether oxygens (including phenoxy) is 1. The van der Waals surface area contributed by atoms with E-state index in [1.807, 2.05) is 13.8 Å². The third kappa shape index (κ3) is 3.91. The number of halogens is 1. The van der Waals surface area contributed by atoms with Gasteiger partial charge in [-0.1, -0.05) is 18.5 Å². The van der Waals surface area contributed by atoms with E-state index in [1.165, 1.54) is 0 Å². The Morgan fingerprint density at radius 2 is 1.75 bits per heavy atom. The van der Waals surface area contributed by atoms with Crippen LogP contribution in [0.1, 0.15) is 65.2 Å². The molecular formula is C26H25ClN2O3. The maximum absolute atomic E-state index is 13.3. The van der Waals surface area contributed by atoms with E-state index in [4.69, 9.17) is 16.3 Å². The maximum Gasteiger partial charge on any atom is 0.343 e. The van der Waals surface area contributed by atoms with E-state index in [0.717, 1.165) is 29.5 Å². The second-order valence-electron chi connectivity index (χ2n) is 8.92. The monoisotopic (exact) mass is 448 g/mol. The van der Waals surface area contributed by atoms with Crippen LogP contribution < -0.4 is 5.32 Å². The number of esters is 1. The van der Waals surface area contributed by atoms with Crippen LogP contribution in [0.5, 0.6) is 0 Å². The third-order valence-corrected chi connectivity index (χ3v) is 6.81. The van der Waals surface area contributed by atoms with Crippen molar-refractivity contribution in [2.45, 2.75) is 52.0 Å². The minimum absolute atomic E-state index is 0.241. The summed E-state index contributed by atoms with van der Waals surface area (Å²) in [6.45, 7) is 5.94. The van der Waals surface area contributed by atoms with Crippen molar-refractivity contribution < 1.29 is 14.3 Å². The van der Waals surface area contributed by atoms with Gasteiger partial charge in [-0.15, -0.1) is 0 Å². The van der Waals surface area contributed by atoms with Gasteiger partial charge in [-0.2, -0.15) is 5.26 Å². The van der Waals surface area contributed by atoms with Crippen molar-refractivity contribution in [2.75, 3.05) is 0 Å². The smallest absolute Gasteiger partial charge is 0.343 e. The standard InChI is InChI=1S/C26H25ClN2O3/c1-15-8-10-26(11-9-15)23(32-25(31)19-4-6-20(27)7-5-19)22(24(30)29-26)21-16(2)12-18(14-28)13-17(21)3/h4-7,12-13,15H,8-11H2,1-3H3,(H,29,30).